The maximum atomic E-state index is 14.5. The number of nitrogens with zero attached hydrogens (tertiary/aromatic N) is 5. The van der Waals surface area contributed by atoms with Crippen LogP contribution in [-0.4, -0.2) is 36.4 Å². The van der Waals surface area contributed by atoms with Crippen LogP contribution in [0.1, 0.15) is 51.9 Å². The van der Waals surface area contributed by atoms with Crippen LogP contribution in [0.2, 0.25) is 0 Å². The van der Waals surface area contributed by atoms with Crippen molar-refractivity contribution in [1.82, 2.24) is 24.7 Å². The van der Waals surface area contributed by atoms with Gasteiger partial charge in [0.15, 0.2) is 11.6 Å². The van der Waals surface area contributed by atoms with Crippen LogP contribution in [0.3, 0.4) is 0 Å². The van der Waals surface area contributed by atoms with Gasteiger partial charge in [0.1, 0.15) is 29.4 Å². The maximum absolute atomic E-state index is 14.5. The zero-order chi connectivity index (χ0) is 24.9. The van der Waals surface area contributed by atoms with Crippen molar-refractivity contribution in [2.24, 2.45) is 5.73 Å². The second kappa shape index (κ2) is 11.6. The first-order valence-electron chi connectivity index (χ1n) is 11.0. The highest BCUT2D eigenvalue weighted by molar-refractivity contribution is 6.04. The van der Waals surface area contributed by atoms with Gasteiger partial charge in [-0.1, -0.05) is 12.1 Å². The predicted molar refractivity (Wildman–Crippen MR) is 135 cm³/mol. The predicted octanol–water partition coefficient (Wildman–Crippen LogP) is 4.01. The third-order valence-corrected chi connectivity index (χ3v) is 5.34. The molecule has 11 heteroatoms. The first kappa shape index (κ1) is 26.6. The van der Waals surface area contributed by atoms with Crippen LogP contribution in [0.25, 0.3) is 11.5 Å². The normalized spacial score (nSPS) is 10.7. The van der Waals surface area contributed by atoms with Crippen molar-refractivity contribution in [3.05, 3.63) is 89.3 Å². The smallest absolute Gasteiger partial charge is 0.259 e. The Morgan fingerprint density at radius 2 is 1.92 bits per heavy atom. The topological polar surface area (TPSA) is 129 Å². The first-order chi connectivity index (χ1) is 16.9. The van der Waals surface area contributed by atoms with E-state index < -0.39 is 11.7 Å². The average molecular weight is 510 g/mol. The van der Waals surface area contributed by atoms with Gasteiger partial charge < -0.3 is 15.6 Å². The van der Waals surface area contributed by atoms with Crippen molar-refractivity contribution in [1.29, 1.82) is 0 Å². The summed E-state index contributed by atoms with van der Waals surface area (Å²) in [6, 6.07) is 12.5. The first-order valence-corrected chi connectivity index (χ1v) is 11.0. The number of pyridine rings is 2. The lowest BCUT2D eigenvalue weighted by Crippen LogP contribution is -2.16. The summed E-state index contributed by atoms with van der Waals surface area (Å²) in [5.74, 6) is -0.876. The summed E-state index contributed by atoms with van der Waals surface area (Å²) in [6.45, 7) is 4.27. The standard InChI is InChI=1S/C25H24FN7O2.ClH/c1-15(2)33-14-29-32-24(33)20-4-3-5-23(30-20)31-25(35)18-10-16(6-7-19(18)26)12-22(34)21-11-17(13-27)8-9-28-21;/h3-11,14-15H,12-13,27H2,1-2H3,(H,30,31,35);1H. The molecule has 0 aliphatic heterocycles. The summed E-state index contributed by atoms with van der Waals surface area (Å²) in [6.07, 6.45) is 3.08. The van der Waals surface area contributed by atoms with Crippen molar-refractivity contribution in [3.63, 3.8) is 0 Å². The lowest BCUT2D eigenvalue weighted by molar-refractivity contribution is 0.0984. The monoisotopic (exact) mass is 509 g/mol. The Balaban J connectivity index is 0.00000361. The molecule has 0 saturated heterocycles. The fourth-order valence-electron chi connectivity index (χ4n) is 3.50. The molecule has 4 rings (SSSR count). The lowest BCUT2D eigenvalue weighted by atomic mass is 10.0. The van der Waals surface area contributed by atoms with Crippen LogP contribution < -0.4 is 11.1 Å². The Kier molecular flexibility index (Phi) is 8.57. The van der Waals surface area contributed by atoms with E-state index in [0.717, 1.165) is 11.6 Å². The van der Waals surface area contributed by atoms with E-state index in [1.165, 1.54) is 18.3 Å². The number of amides is 1. The quantitative estimate of drug-likeness (QED) is 0.343. The van der Waals surface area contributed by atoms with Gasteiger partial charge in [-0.05, 0) is 61.4 Å². The summed E-state index contributed by atoms with van der Waals surface area (Å²) in [5, 5.41) is 10.7. The number of nitrogens with one attached hydrogen (secondary N) is 1. The number of carbonyl (C=O) groups is 2. The van der Waals surface area contributed by atoms with E-state index in [-0.39, 0.29) is 54.3 Å². The fourth-order valence-corrected chi connectivity index (χ4v) is 3.50. The molecule has 0 unspecified atom stereocenters. The molecule has 0 saturated carbocycles. The minimum Gasteiger partial charge on any atom is -0.326 e. The Bertz CT molecular complexity index is 1390. The molecule has 0 spiro atoms. The number of rotatable bonds is 8. The Morgan fingerprint density at radius 1 is 1.11 bits per heavy atom. The van der Waals surface area contributed by atoms with E-state index >= 15 is 0 Å². The van der Waals surface area contributed by atoms with Crippen LogP contribution in [0.4, 0.5) is 10.2 Å². The van der Waals surface area contributed by atoms with E-state index in [1.807, 2.05) is 18.4 Å². The number of nitrogens with two attached hydrogens (primary N) is 1. The van der Waals surface area contributed by atoms with Gasteiger partial charge in [-0.15, -0.1) is 22.6 Å². The second-order valence-corrected chi connectivity index (χ2v) is 8.19. The highest BCUT2D eigenvalue weighted by Gasteiger charge is 2.17. The van der Waals surface area contributed by atoms with E-state index in [9.17, 15) is 14.0 Å². The molecule has 3 N–H and O–H groups in total. The molecule has 36 heavy (non-hydrogen) atoms. The number of hydrogen-bond donors (Lipinski definition) is 2. The lowest BCUT2D eigenvalue weighted by Gasteiger charge is -2.11. The Hall–Kier alpha value is -4.02. The molecule has 0 radical (unpaired) electrons. The molecule has 3 heterocycles. The fraction of sp³-hybridized carbons (Fsp3) is 0.200. The number of carbonyl (C=O) groups excluding carboxylic acids is 2. The molecule has 186 valence electrons. The van der Waals surface area contributed by atoms with Crippen molar-refractivity contribution in [3.8, 4) is 11.5 Å². The maximum Gasteiger partial charge on any atom is 0.259 e. The number of halogens is 2. The summed E-state index contributed by atoms with van der Waals surface area (Å²) in [5.41, 5.74) is 7.46. The second-order valence-electron chi connectivity index (χ2n) is 8.19. The number of ketones is 1. The summed E-state index contributed by atoms with van der Waals surface area (Å²) in [7, 11) is 0. The Morgan fingerprint density at radius 3 is 2.67 bits per heavy atom. The molecule has 0 aliphatic carbocycles. The van der Waals surface area contributed by atoms with Gasteiger partial charge in [0.2, 0.25) is 0 Å². The number of benzene rings is 1. The van der Waals surface area contributed by atoms with Crippen LogP contribution in [0.15, 0.2) is 61.1 Å². The Labute approximate surface area is 213 Å². The van der Waals surface area contributed by atoms with Gasteiger partial charge in [-0.2, -0.15) is 0 Å². The molecule has 0 aliphatic rings. The molecule has 1 amide bonds. The highest BCUT2D eigenvalue weighted by atomic mass is 35.5. The largest absolute Gasteiger partial charge is 0.326 e. The minimum absolute atomic E-state index is 0. The van der Waals surface area contributed by atoms with E-state index in [1.54, 1.807) is 36.7 Å². The van der Waals surface area contributed by atoms with Crippen molar-refractivity contribution >= 4 is 29.9 Å². The van der Waals surface area contributed by atoms with E-state index in [4.69, 9.17) is 5.73 Å². The number of anilines is 1. The van der Waals surface area contributed by atoms with Gasteiger partial charge in [-0.25, -0.2) is 9.37 Å². The molecular weight excluding hydrogens is 485 g/mol. The summed E-state index contributed by atoms with van der Waals surface area (Å²) in [4.78, 5) is 34.0. The molecule has 4 aromatic rings. The molecule has 9 nitrogen and oxygen atoms in total. The van der Waals surface area contributed by atoms with Crippen LogP contribution in [-0.2, 0) is 13.0 Å². The van der Waals surface area contributed by atoms with E-state index in [2.05, 4.69) is 25.5 Å². The van der Waals surface area contributed by atoms with Crippen molar-refractivity contribution in [2.75, 3.05) is 5.32 Å². The minimum atomic E-state index is -0.711. The highest BCUT2D eigenvalue weighted by Crippen LogP contribution is 2.21. The molecule has 3 aromatic heterocycles. The SMILES string of the molecule is CC(C)n1cnnc1-c1cccc(NC(=O)c2cc(CC(=O)c3cc(CN)ccn3)ccc2F)n1.Cl. The zero-order valence-electron chi connectivity index (χ0n) is 19.7. The zero-order valence-corrected chi connectivity index (χ0v) is 20.5. The molecular formula is C25H25ClFN7O2. The van der Waals surface area contributed by atoms with Crippen LogP contribution in [0, 0.1) is 5.82 Å². The molecule has 0 fully saturated rings. The van der Waals surface area contributed by atoms with Crippen LogP contribution >= 0.6 is 12.4 Å². The third-order valence-electron chi connectivity index (χ3n) is 5.34. The average Bonchev–Trinajstić information content (AvgIpc) is 3.36. The van der Waals surface area contributed by atoms with Gasteiger partial charge >= 0.3 is 0 Å². The van der Waals surface area contributed by atoms with Crippen molar-refractivity contribution in [2.45, 2.75) is 32.9 Å². The number of hydrogen-bond acceptors (Lipinski definition) is 7. The number of aromatic nitrogens is 5. The van der Waals surface area contributed by atoms with Crippen molar-refractivity contribution < 1.29 is 14.0 Å². The van der Waals surface area contributed by atoms with E-state index in [0.29, 0.717) is 17.1 Å². The van der Waals surface area contributed by atoms with Gasteiger partial charge in [0.25, 0.3) is 5.91 Å². The van der Waals surface area contributed by atoms with Gasteiger partial charge in [-0.3, -0.25) is 14.6 Å². The molecule has 0 atom stereocenters. The molecule has 1 aromatic carbocycles. The summed E-state index contributed by atoms with van der Waals surface area (Å²) >= 11 is 0. The van der Waals surface area contributed by atoms with Gasteiger partial charge in [0.05, 0.1) is 5.56 Å². The van der Waals surface area contributed by atoms with Crippen LogP contribution in [0.5, 0.6) is 0 Å². The number of Topliss-reactive ketones (excluding diaryl/α,β-unsaturated/α-hetero) is 1. The summed E-state index contributed by atoms with van der Waals surface area (Å²) < 4.78 is 16.4. The third kappa shape index (κ3) is 5.96. The van der Waals surface area contributed by atoms with Gasteiger partial charge in [0, 0.05) is 25.2 Å². The molecule has 0 bridgehead atoms.